The molecule has 0 amide bonds. The Morgan fingerprint density at radius 2 is 1.81 bits per heavy atom. The smallest absolute Gasteiger partial charge is 0.321 e. The van der Waals surface area contributed by atoms with E-state index in [1.54, 1.807) is 24.3 Å². The minimum absolute atomic E-state index is 0.504. The van der Waals surface area contributed by atoms with Crippen LogP contribution in [0.25, 0.3) is 11.0 Å². The number of hydrogen-bond acceptors (Lipinski definition) is 1. The molecule has 2 nitrogen and oxygen atoms in total. The molecule has 0 spiro atoms. The molecule has 0 aliphatic heterocycles. The highest BCUT2D eigenvalue weighted by molar-refractivity contribution is 5.74. The molecule has 0 atom stereocenters. The van der Waals surface area contributed by atoms with Crippen molar-refractivity contribution in [1.82, 2.24) is 9.55 Å². The van der Waals surface area contributed by atoms with E-state index in [0.717, 1.165) is 10.5 Å². The summed E-state index contributed by atoms with van der Waals surface area (Å²) in [6.07, 6.45) is 1.44. The highest BCUT2D eigenvalue weighted by Gasteiger charge is 2.28. The summed E-state index contributed by atoms with van der Waals surface area (Å²) >= 11 is 0. The maximum atomic E-state index is 12.1. The lowest BCUT2D eigenvalue weighted by atomic mass is 10.3. The first kappa shape index (κ1) is 17.5. The van der Waals surface area contributed by atoms with E-state index in [4.69, 9.17) is 0 Å². The third-order valence-corrected chi connectivity index (χ3v) is 3.15. The largest absolute Gasteiger partial charge is 0.406 e. The third kappa shape index (κ3) is 6.19. The van der Waals surface area contributed by atoms with Gasteiger partial charge in [0.05, 0.1) is 17.4 Å². The van der Waals surface area contributed by atoms with Gasteiger partial charge >= 0.3 is 6.18 Å². The molecule has 1 fully saturated rings. The predicted molar refractivity (Wildman–Crippen MR) is 80.2 cm³/mol. The zero-order valence-electron chi connectivity index (χ0n) is 12.8. The Labute approximate surface area is 124 Å². The Hall–Kier alpha value is -1.52. The monoisotopic (exact) mass is 300 g/mol. The molecule has 2 aromatic rings. The number of alkyl halides is 3. The summed E-state index contributed by atoms with van der Waals surface area (Å²) in [5.74, 6) is 1.13. The van der Waals surface area contributed by atoms with E-state index in [2.05, 4.69) is 11.9 Å². The zero-order chi connectivity index (χ0) is 15.9. The predicted octanol–water partition coefficient (Wildman–Crippen LogP) is 5.43. The van der Waals surface area contributed by atoms with Crippen molar-refractivity contribution in [2.75, 3.05) is 0 Å². The molecule has 0 radical (unpaired) electrons. The molecule has 1 heterocycles. The summed E-state index contributed by atoms with van der Waals surface area (Å²) in [6, 6.07) is 6.74. The number of aromatic nitrogens is 2. The standard InChI is InChI=1S/C9H7F3N2.C5H10.C2H6/c10-9(11,12)5-14-6-13-7-3-1-2-4-8(7)14;1-2-5-3-4-5;1-2/h1-4,6H,5H2;5H,2-4H2,1H3;1-2H3. The van der Waals surface area contributed by atoms with Crippen LogP contribution in [0.4, 0.5) is 13.2 Å². The van der Waals surface area contributed by atoms with E-state index in [0.29, 0.717) is 11.0 Å². The fraction of sp³-hybridized carbons (Fsp3) is 0.562. The SMILES string of the molecule is CC.CCC1CC1.FC(F)(F)Cn1cnc2ccccc21. The summed E-state index contributed by atoms with van der Waals surface area (Å²) in [5, 5.41) is 0. The second-order valence-electron chi connectivity index (χ2n) is 4.83. The van der Waals surface area contributed by atoms with Crippen molar-refractivity contribution in [2.45, 2.75) is 52.8 Å². The van der Waals surface area contributed by atoms with Gasteiger partial charge in [-0.1, -0.05) is 52.2 Å². The van der Waals surface area contributed by atoms with Gasteiger partial charge in [0.2, 0.25) is 0 Å². The number of imidazole rings is 1. The van der Waals surface area contributed by atoms with E-state index in [-0.39, 0.29) is 0 Å². The van der Waals surface area contributed by atoms with Crippen molar-refractivity contribution < 1.29 is 13.2 Å². The fourth-order valence-corrected chi connectivity index (χ4v) is 1.86. The van der Waals surface area contributed by atoms with Gasteiger partial charge in [-0.05, 0) is 18.1 Å². The number of para-hydroxylation sites is 2. The van der Waals surface area contributed by atoms with Gasteiger partial charge in [0.15, 0.2) is 0 Å². The van der Waals surface area contributed by atoms with Crippen LogP contribution >= 0.6 is 0 Å². The second kappa shape index (κ2) is 8.05. The number of nitrogens with zero attached hydrogens (tertiary/aromatic N) is 2. The first-order valence-corrected chi connectivity index (χ1v) is 7.46. The Balaban J connectivity index is 0.000000263. The Morgan fingerprint density at radius 3 is 2.29 bits per heavy atom. The zero-order valence-corrected chi connectivity index (χ0v) is 12.8. The van der Waals surface area contributed by atoms with Crippen LogP contribution < -0.4 is 0 Å². The van der Waals surface area contributed by atoms with Gasteiger partial charge in [-0.3, -0.25) is 0 Å². The molecule has 5 heteroatoms. The average molecular weight is 300 g/mol. The molecule has 1 aromatic heterocycles. The van der Waals surface area contributed by atoms with Gasteiger partial charge in [-0.2, -0.15) is 13.2 Å². The van der Waals surface area contributed by atoms with E-state index < -0.39 is 12.7 Å². The fourth-order valence-electron chi connectivity index (χ4n) is 1.86. The summed E-state index contributed by atoms with van der Waals surface area (Å²) in [6.45, 7) is 5.27. The minimum atomic E-state index is -4.20. The van der Waals surface area contributed by atoms with E-state index in [1.165, 1.54) is 25.6 Å². The summed E-state index contributed by atoms with van der Waals surface area (Å²) in [7, 11) is 0. The first-order chi connectivity index (χ1) is 9.99. The van der Waals surface area contributed by atoms with Crippen LogP contribution in [0.2, 0.25) is 0 Å². The molecule has 118 valence electrons. The summed E-state index contributed by atoms with van der Waals surface area (Å²) in [4.78, 5) is 3.87. The Morgan fingerprint density at radius 1 is 1.19 bits per heavy atom. The maximum Gasteiger partial charge on any atom is 0.406 e. The summed E-state index contributed by atoms with van der Waals surface area (Å²) < 4.78 is 37.4. The molecule has 0 bridgehead atoms. The van der Waals surface area contributed by atoms with Crippen molar-refractivity contribution in [3.05, 3.63) is 30.6 Å². The number of rotatable bonds is 2. The van der Waals surface area contributed by atoms with Crippen molar-refractivity contribution in [3.8, 4) is 0 Å². The molecule has 1 aliphatic rings. The molecule has 1 aliphatic carbocycles. The van der Waals surface area contributed by atoms with Crippen molar-refractivity contribution in [1.29, 1.82) is 0 Å². The highest BCUT2D eigenvalue weighted by atomic mass is 19.4. The van der Waals surface area contributed by atoms with Crippen molar-refractivity contribution in [2.24, 2.45) is 5.92 Å². The molecule has 1 aromatic carbocycles. The molecule has 0 N–H and O–H groups in total. The van der Waals surface area contributed by atoms with Crippen molar-refractivity contribution in [3.63, 3.8) is 0 Å². The van der Waals surface area contributed by atoms with Crippen LogP contribution in [0.15, 0.2) is 30.6 Å². The molecular formula is C16H23F3N2. The normalized spacial score (nSPS) is 14.0. The molecule has 1 saturated carbocycles. The lowest BCUT2D eigenvalue weighted by Gasteiger charge is -2.07. The van der Waals surface area contributed by atoms with Crippen LogP contribution in [0.1, 0.15) is 40.0 Å². The molecular weight excluding hydrogens is 277 g/mol. The lowest BCUT2D eigenvalue weighted by Crippen LogP contribution is -2.16. The van der Waals surface area contributed by atoms with Crippen LogP contribution in [0.5, 0.6) is 0 Å². The molecule has 0 unspecified atom stereocenters. The average Bonchev–Trinajstić information content (AvgIpc) is 3.23. The molecule has 0 saturated heterocycles. The van der Waals surface area contributed by atoms with Gasteiger partial charge in [-0.25, -0.2) is 4.98 Å². The Kier molecular flexibility index (Phi) is 6.72. The summed E-state index contributed by atoms with van der Waals surface area (Å²) in [5.41, 5.74) is 1.08. The number of fused-ring (bicyclic) bond motifs is 1. The third-order valence-electron chi connectivity index (χ3n) is 3.15. The van der Waals surface area contributed by atoms with E-state index in [1.807, 2.05) is 13.8 Å². The van der Waals surface area contributed by atoms with Crippen molar-refractivity contribution >= 4 is 11.0 Å². The van der Waals surface area contributed by atoms with Gasteiger partial charge in [0.1, 0.15) is 6.54 Å². The van der Waals surface area contributed by atoms with Gasteiger partial charge in [0.25, 0.3) is 0 Å². The minimum Gasteiger partial charge on any atom is -0.321 e. The van der Waals surface area contributed by atoms with Crippen LogP contribution in [-0.4, -0.2) is 15.7 Å². The van der Waals surface area contributed by atoms with Crippen LogP contribution in [-0.2, 0) is 6.54 Å². The number of benzene rings is 1. The van der Waals surface area contributed by atoms with Gasteiger partial charge in [0, 0.05) is 0 Å². The number of halogens is 3. The Bertz CT molecular complexity index is 528. The topological polar surface area (TPSA) is 17.8 Å². The van der Waals surface area contributed by atoms with Gasteiger partial charge < -0.3 is 4.57 Å². The quantitative estimate of drug-likeness (QED) is 0.723. The molecule has 3 rings (SSSR count). The lowest BCUT2D eigenvalue weighted by molar-refractivity contribution is -0.139. The number of hydrogen-bond donors (Lipinski definition) is 0. The second-order valence-corrected chi connectivity index (χ2v) is 4.83. The first-order valence-electron chi connectivity index (χ1n) is 7.46. The van der Waals surface area contributed by atoms with E-state index in [9.17, 15) is 13.2 Å². The molecule has 21 heavy (non-hydrogen) atoms. The maximum absolute atomic E-state index is 12.1. The van der Waals surface area contributed by atoms with Gasteiger partial charge in [-0.15, -0.1) is 0 Å². The highest BCUT2D eigenvalue weighted by Crippen LogP contribution is 2.31. The van der Waals surface area contributed by atoms with E-state index >= 15 is 0 Å². The van der Waals surface area contributed by atoms with Crippen LogP contribution in [0.3, 0.4) is 0 Å². The van der Waals surface area contributed by atoms with Crippen LogP contribution in [0, 0.1) is 5.92 Å².